The zero-order valence-electron chi connectivity index (χ0n) is 13.8. The monoisotopic (exact) mass is 369 g/mol. The number of carbonyl (C=O) groups is 2. The number of halogens is 1. The molecule has 0 aromatic heterocycles. The fraction of sp³-hybridized carbons (Fsp3) is 0.500. The first-order chi connectivity index (χ1) is 11.8. The van der Waals surface area contributed by atoms with E-state index in [-0.39, 0.29) is 12.5 Å². The van der Waals surface area contributed by atoms with Crippen LogP contribution in [0.15, 0.2) is 22.6 Å². The molecule has 2 heterocycles. The van der Waals surface area contributed by atoms with Crippen LogP contribution in [0.25, 0.3) is 0 Å². The van der Waals surface area contributed by atoms with Crippen LogP contribution in [0.4, 0.5) is 14.9 Å². The summed E-state index contributed by atoms with van der Waals surface area (Å²) in [5.74, 6) is -0.253. The van der Waals surface area contributed by atoms with Crippen LogP contribution < -0.4 is 10.6 Å². The van der Waals surface area contributed by atoms with Crippen LogP contribution in [0.3, 0.4) is 0 Å². The van der Waals surface area contributed by atoms with Gasteiger partial charge < -0.3 is 10.5 Å². The topological polar surface area (TPSA) is 102 Å². The zero-order chi connectivity index (χ0) is 18.2. The van der Waals surface area contributed by atoms with Crippen LogP contribution in [0, 0.1) is 5.82 Å². The third-order valence-corrected chi connectivity index (χ3v) is 7.18. The Bertz CT molecular complexity index is 821. The second kappa shape index (κ2) is 6.62. The molecule has 1 atom stereocenters. The number of carbonyl (C=O) groups excluding carboxylic acids is 2. The van der Waals surface area contributed by atoms with Gasteiger partial charge in [-0.1, -0.05) is 6.07 Å². The lowest BCUT2D eigenvalue weighted by Crippen LogP contribution is -2.32. The van der Waals surface area contributed by atoms with Crippen molar-refractivity contribution in [2.24, 2.45) is 10.1 Å². The summed E-state index contributed by atoms with van der Waals surface area (Å²) in [5.41, 5.74) is 6.00. The number of hydrogen-bond acceptors (Lipinski definition) is 5. The predicted octanol–water partition coefficient (Wildman–Crippen LogP) is 1.61. The minimum absolute atomic E-state index is 0.0192. The maximum absolute atomic E-state index is 14.6. The third-order valence-electron chi connectivity index (χ3n) is 4.77. The van der Waals surface area contributed by atoms with E-state index >= 15 is 0 Å². The quantitative estimate of drug-likeness (QED) is 0.874. The molecule has 0 saturated carbocycles. The minimum atomic E-state index is -2.14. The smallest absolute Gasteiger partial charge is 0.415 e. The molecule has 2 aliphatic rings. The highest BCUT2D eigenvalue weighted by atomic mass is 32.2. The first-order valence-corrected chi connectivity index (χ1v) is 9.86. The second-order valence-corrected chi connectivity index (χ2v) is 8.96. The molecule has 2 saturated heterocycles. The second-order valence-electron chi connectivity index (χ2n) is 6.23. The number of anilines is 1. The Labute approximate surface area is 145 Å². The Kier molecular flexibility index (Phi) is 4.68. The van der Waals surface area contributed by atoms with E-state index in [1.54, 1.807) is 19.2 Å². The summed E-state index contributed by atoms with van der Waals surface area (Å²) in [7, 11) is -0.573. The standard InChI is InChI=1S/C16H20FN3O4S/c1-19-25(23)6-4-10(5-7-25)12-3-2-11(8-13(12)17)20-9-14(15(18)21)24-16(20)22/h2-3,8,10,14H,4-7,9H2,1H3,(H2,18,21)/t10-,14-,25+/m1/s1. The number of cyclic esters (lactones) is 1. The molecular formula is C16H20FN3O4S. The van der Waals surface area contributed by atoms with Crippen LogP contribution in [-0.4, -0.2) is 47.4 Å². The van der Waals surface area contributed by atoms with E-state index in [9.17, 15) is 18.2 Å². The molecule has 7 nitrogen and oxygen atoms in total. The van der Waals surface area contributed by atoms with Crippen LogP contribution >= 0.6 is 0 Å². The maximum atomic E-state index is 14.6. The van der Waals surface area contributed by atoms with Gasteiger partial charge in [-0.05, 0) is 36.5 Å². The minimum Gasteiger partial charge on any atom is -0.434 e. The number of amides is 2. The maximum Gasteiger partial charge on any atom is 0.415 e. The van der Waals surface area contributed by atoms with E-state index in [0.29, 0.717) is 35.6 Å². The van der Waals surface area contributed by atoms with Crippen molar-refractivity contribution in [3.63, 3.8) is 0 Å². The summed E-state index contributed by atoms with van der Waals surface area (Å²) in [5, 5.41) is 0. The number of ether oxygens (including phenoxy) is 1. The van der Waals surface area contributed by atoms with Gasteiger partial charge in [-0.15, -0.1) is 0 Å². The first-order valence-electron chi connectivity index (χ1n) is 8.00. The average molecular weight is 369 g/mol. The van der Waals surface area contributed by atoms with Crippen LogP contribution in [-0.2, 0) is 19.3 Å². The van der Waals surface area contributed by atoms with Gasteiger partial charge in [-0.25, -0.2) is 17.8 Å². The van der Waals surface area contributed by atoms with Crippen LogP contribution in [0.5, 0.6) is 0 Å². The van der Waals surface area contributed by atoms with E-state index in [0.717, 1.165) is 0 Å². The molecule has 9 heteroatoms. The van der Waals surface area contributed by atoms with Gasteiger partial charge >= 0.3 is 6.09 Å². The summed E-state index contributed by atoms with van der Waals surface area (Å²) in [6.45, 7) is -0.0313. The van der Waals surface area contributed by atoms with Gasteiger partial charge in [0.1, 0.15) is 5.82 Å². The lowest BCUT2D eigenvalue weighted by molar-refractivity contribution is -0.124. The molecule has 0 bridgehead atoms. The van der Waals surface area contributed by atoms with Gasteiger partial charge in [0.25, 0.3) is 5.91 Å². The molecule has 0 unspecified atom stereocenters. The third kappa shape index (κ3) is 3.46. The van der Waals surface area contributed by atoms with Crippen LogP contribution in [0.1, 0.15) is 24.3 Å². The number of nitrogens with two attached hydrogens (primary N) is 1. The molecule has 1 aromatic rings. The molecule has 2 amide bonds. The number of rotatable bonds is 3. The van der Waals surface area contributed by atoms with Crippen molar-refractivity contribution < 1.29 is 22.9 Å². The first kappa shape index (κ1) is 17.7. The van der Waals surface area contributed by atoms with E-state index < -0.39 is 33.7 Å². The van der Waals surface area contributed by atoms with Crippen molar-refractivity contribution >= 4 is 27.4 Å². The molecule has 0 radical (unpaired) electrons. The van der Waals surface area contributed by atoms with Crippen molar-refractivity contribution in [1.29, 1.82) is 0 Å². The van der Waals surface area contributed by atoms with E-state index in [4.69, 9.17) is 10.5 Å². The van der Waals surface area contributed by atoms with Crippen molar-refractivity contribution in [2.45, 2.75) is 24.9 Å². The average Bonchev–Trinajstić information content (AvgIpc) is 2.98. The van der Waals surface area contributed by atoms with Crippen molar-refractivity contribution in [2.75, 3.05) is 30.0 Å². The van der Waals surface area contributed by atoms with Crippen molar-refractivity contribution in [3.8, 4) is 0 Å². The van der Waals surface area contributed by atoms with Crippen molar-refractivity contribution in [3.05, 3.63) is 29.6 Å². The summed E-state index contributed by atoms with van der Waals surface area (Å²) in [4.78, 5) is 24.2. The largest absolute Gasteiger partial charge is 0.434 e. The predicted molar refractivity (Wildman–Crippen MR) is 91.4 cm³/mol. The molecular weight excluding hydrogens is 349 g/mol. The highest BCUT2D eigenvalue weighted by Gasteiger charge is 2.36. The fourth-order valence-electron chi connectivity index (χ4n) is 3.23. The number of primary amides is 1. The lowest BCUT2D eigenvalue weighted by Gasteiger charge is -2.25. The summed E-state index contributed by atoms with van der Waals surface area (Å²) in [6, 6.07) is 4.52. The molecule has 0 aliphatic carbocycles. The molecule has 136 valence electrons. The highest BCUT2D eigenvalue weighted by Crippen LogP contribution is 2.33. The number of hydrogen-bond donors (Lipinski definition) is 1. The van der Waals surface area contributed by atoms with Crippen molar-refractivity contribution in [1.82, 2.24) is 0 Å². The van der Waals surface area contributed by atoms with Gasteiger partial charge in [0.05, 0.1) is 12.2 Å². The molecule has 0 spiro atoms. The SMILES string of the molecule is CN=[S@]1(=O)CC[C@@H](c2ccc(N3C[C@H](C(N)=O)OC3=O)cc2F)CC1. The zero-order valence-corrected chi connectivity index (χ0v) is 14.6. The number of benzene rings is 1. The Morgan fingerprint density at radius 1 is 1.40 bits per heavy atom. The summed E-state index contributed by atoms with van der Waals surface area (Å²) in [6.07, 6.45) is -0.526. The van der Waals surface area contributed by atoms with E-state index in [1.807, 2.05) is 0 Å². The molecule has 2 N–H and O–H groups in total. The molecule has 2 fully saturated rings. The van der Waals surface area contributed by atoms with E-state index in [1.165, 1.54) is 11.0 Å². The van der Waals surface area contributed by atoms with Gasteiger partial charge in [0.2, 0.25) is 0 Å². The molecule has 1 aromatic carbocycles. The van der Waals surface area contributed by atoms with E-state index in [2.05, 4.69) is 4.36 Å². The Morgan fingerprint density at radius 3 is 2.60 bits per heavy atom. The Balaban J connectivity index is 1.77. The van der Waals surface area contributed by atoms with Crippen LogP contribution in [0.2, 0.25) is 0 Å². The molecule has 25 heavy (non-hydrogen) atoms. The summed E-state index contributed by atoms with van der Waals surface area (Å²) >= 11 is 0. The summed E-state index contributed by atoms with van der Waals surface area (Å²) < 4.78 is 35.6. The van der Waals surface area contributed by atoms with Gasteiger partial charge in [-0.3, -0.25) is 9.69 Å². The van der Waals surface area contributed by atoms with Gasteiger partial charge in [0.15, 0.2) is 6.10 Å². The highest BCUT2D eigenvalue weighted by molar-refractivity contribution is 7.93. The number of nitrogens with zero attached hydrogens (tertiary/aromatic N) is 2. The normalized spacial score (nSPS) is 29.4. The Hall–Kier alpha value is -2.16. The van der Waals surface area contributed by atoms with Gasteiger partial charge in [-0.2, -0.15) is 0 Å². The molecule has 3 rings (SSSR count). The Morgan fingerprint density at radius 2 is 2.08 bits per heavy atom. The fourth-order valence-corrected chi connectivity index (χ4v) is 5.10. The van der Waals surface area contributed by atoms with Gasteiger partial charge in [0, 0.05) is 28.3 Å². The lowest BCUT2D eigenvalue weighted by atomic mass is 9.93. The molecule has 2 aliphatic heterocycles.